The van der Waals surface area contributed by atoms with Crippen LogP contribution in [-0.4, -0.2) is 82.5 Å². The number of alkyl halides is 2. The first kappa shape index (κ1) is 20.3. The number of amides is 1. The minimum absolute atomic E-state index is 0.0760. The maximum Gasteiger partial charge on any atom is 0.282 e. The third-order valence-electron chi connectivity index (χ3n) is 5.49. The Morgan fingerprint density at radius 1 is 1.13 bits per heavy atom. The summed E-state index contributed by atoms with van der Waals surface area (Å²) in [5.41, 5.74) is 1.54. The van der Waals surface area contributed by atoms with Gasteiger partial charge in [0.05, 0.1) is 13.1 Å². The third kappa shape index (κ3) is 4.13. The lowest BCUT2D eigenvalue weighted by Crippen LogP contribution is -2.58. The molecule has 0 bridgehead atoms. The normalized spacial score (nSPS) is 18.8. The average molecular weight is 418 g/mol. The molecule has 4 rings (SSSR count). The summed E-state index contributed by atoms with van der Waals surface area (Å²) in [6.45, 7) is 5.82. The molecular formula is C20H24F2N6O2. The molecule has 2 aromatic rings. The summed E-state index contributed by atoms with van der Waals surface area (Å²) in [4.78, 5) is 25.9. The SMILES string of the molecule is CCN1CCN(c2ccc(Nc3ncnc(O)c3C(=O)N3CC(F)(F)C3)cc2)CC1. The highest BCUT2D eigenvalue weighted by Crippen LogP contribution is 2.32. The molecule has 0 radical (unpaired) electrons. The van der Waals surface area contributed by atoms with Gasteiger partial charge in [0, 0.05) is 37.6 Å². The summed E-state index contributed by atoms with van der Waals surface area (Å²) in [6, 6.07) is 7.66. The van der Waals surface area contributed by atoms with E-state index in [0.29, 0.717) is 5.69 Å². The number of likely N-dealkylation sites (tertiary alicyclic amines) is 1. The second-order valence-corrected chi connectivity index (χ2v) is 7.53. The fourth-order valence-corrected chi connectivity index (χ4v) is 3.70. The van der Waals surface area contributed by atoms with Crippen LogP contribution in [0.1, 0.15) is 17.3 Å². The van der Waals surface area contributed by atoms with E-state index in [9.17, 15) is 18.7 Å². The molecule has 30 heavy (non-hydrogen) atoms. The van der Waals surface area contributed by atoms with E-state index in [4.69, 9.17) is 0 Å². The molecule has 2 N–H and O–H groups in total. The Hall–Kier alpha value is -3.01. The Labute approximate surface area is 173 Å². The highest BCUT2D eigenvalue weighted by Gasteiger charge is 2.47. The van der Waals surface area contributed by atoms with Crippen molar-refractivity contribution in [3.63, 3.8) is 0 Å². The Balaban J connectivity index is 1.47. The maximum atomic E-state index is 13.1. The Bertz CT molecular complexity index is 908. The monoisotopic (exact) mass is 418 g/mol. The van der Waals surface area contributed by atoms with E-state index < -0.39 is 30.8 Å². The van der Waals surface area contributed by atoms with Crippen LogP contribution in [0, 0.1) is 0 Å². The first-order chi connectivity index (χ1) is 14.4. The number of hydrogen-bond donors (Lipinski definition) is 2. The molecule has 2 saturated heterocycles. The molecular weight excluding hydrogens is 394 g/mol. The van der Waals surface area contributed by atoms with Gasteiger partial charge in [-0.15, -0.1) is 0 Å². The predicted octanol–water partition coefficient (Wildman–Crippen LogP) is 2.16. The lowest BCUT2D eigenvalue weighted by Gasteiger charge is -2.38. The van der Waals surface area contributed by atoms with Crippen LogP contribution in [0.5, 0.6) is 5.88 Å². The van der Waals surface area contributed by atoms with Gasteiger partial charge in [-0.3, -0.25) is 4.79 Å². The summed E-state index contributed by atoms with van der Waals surface area (Å²) < 4.78 is 26.3. The number of hydrogen-bond acceptors (Lipinski definition) is 7. The van der Waals surface area contributed by atoms with Gasteiger partial charge in [0.2, 0.25) is 5.88 Å². The van der Waals surface area contributed by atoms with Gasteiger partial charge >= 0.3 is 0 Å². The van der Waals surface area contributed by atoms with Crippen molar-refractivity contribution >= 4 is 23.1 Å². The number of halogens is 2. The zero-order valence-corrected chi connectivity index (χ0v) is 16.7. The standard InChI is InChI=1S/C20H24F2N6O2/c1-2-26-7-9-27(10-8-26)15-5-3-14(4-6-15)25-17-16(18(29)24-13-23-17)19(30)28-11-20(21,22)12-28/h3-6,13H,2,7-12H2,1H3,(H2,23,24,25,29). The average Bonchev–Trinajstić information content (AvgIpc) is 2.72. The number of anilines is 3. The molecule has 2 aliphatic rings. The Kier molecular flexibility index (Phi) is 5.42. The van der Waals surface area contributed by atoms with Crippen molar-refractivity contribution in [1.29, 1.82) is 0 Å². The lowest BCUT2D eigenvalue weighted by molar-refractivity contribution is -0.113. The van der Waals surface area contributed by atoms with Crippen molar-refractivity contribution in [2.24, 2.45) is 0 Å². The van der Waals surface area contributed by atoms with Gasteiger partial charge in [-0.05, 0) is 30.8 Å². The second kappa shape index (κ2) is 8.02. The molecule has 1 aromatic carbocycles. The lowest BCUT2D eigenvalue weighted by atomic mass is 10.1. The van der Waals surface area contributed by atoms with Gasteiger partial charge < -0.3 is 25.1 Å². The minimum Gasteiger partial charge on any atom is -0.493 e. The van der Waals surface area contributed by atoms with Gasteiger partial charge in [0.1, 0.15) is 11.9 Å². The first-order valence-corrected chi connectivity index (χ1v) is 9.92. The van der Waals surface area contributed by atoms with E-state index in [-0.39, 0.29) is 11.4 Å². The molecule has 2 aliphatic heterocycles. The molecule has 160 valence electrons. The number of nitrogens with one attached hydrogen (secondary N) is 1. The van der Waals surface area contributed by atoms with Gasteiger partial charge in [0.15, 0.2) is 5.82 Å². The second-order valence-electron chi connectivity index (χ2n) is 7.53. The van der Waals surface area contributed by atoms with E-state index in [1.54, 1.807) is 0 Å². The quantitative estimate of drug-likeness (QED) is 0.770. The molecule has 2 fully saturated rings. The van der Waals surface area contributed by atoms with Crippen molar-refractivity contribution in [3.8, 4) is 5.88 Å². The number of carbonyl (C=O) groups is 1. The fourth-order valence-electron chi connectivity index (χ4n) is 3.70. The number of nitrogens with zero attached hydrogens (tertiary/aromatic N) is 5. The number of aromatic nitrogens is 2. The molecule has 0 spiro atoms. The topological polar surface area (TPSA) is 84.8 Å². The Morgan fingerprint density at radius 2 is 1.80 bits per heavy atom. The highest BCUT2D eigenvalue weighted by molar-refractivity contribution is 6.01. The van der Waals surface area contributed by atoms with Crippen molar-refractivity contribution in [2.75, 3.05) is 56.0 Å². The summed E-state index contributed by atoms with van der Waals surface area (Å²) in [5.74, 6) is -4.09. The van der Waals surface area contributed by atoms with Crippen LogP contribution in [0.25, 0.3) is 0 Å². The van der Waals surface area contributed by atoms with E-state index in [0.717, 1.165) is 49.6 Å². The van der Waals surface area contributed by atoms with Crippen LogP contribution >= 0.6 is 0 Å². The Morgan fingerprint density at radius 3 is 2.40 bits per heavy atom. The van der Waals surface area contributed by atoms with Crippen molar-refractivity contribution in [1.82, 2.24) is 19.8 Å². The fraction of sp³-hybridized carbons (Fsp3) is 0.450. The molecule has 8 nitrogen and oxygen atoms in total. The molecule has 0 atom stereocenters. The summed E-state index contributed by atoms with van der Waals surface area (Å²) in [5, 5.41) is 13.0. The number of piperazine rings is 1. The highest BCUT2D eigenvalue weighted by atomic mass is 19.3. The largest absolute Gasteiger partial charge is 0.493 e. The predicted molar refractivity (Wildman–Crippen MR) is 109 cm³/mol. The van der Waals surface area contributed by atoms with Crippen LogP contribution < -0.4 is 10.2 Å². The van der Waals surface area contributed by atoms with Crippen LogP contribution in [-0.2, 0) is 0 Å². The number of benzene rings is 1. The van der Waals surface area contributed by atoms with E-state index >= 15 is 0 Å². The number of likely N-dealkylation sites (N-methyl/N-ethyl adjacent to an activating group) is 1. The number of aromatic hydroxyl groups is 1. The third-order valence-corrected chi connectivity index (χ3v) is 5.49. The van der Waals surface area contributed by atoms with Gasteiger partial charge in [-0.2, -0.15) is 0 Å². The van der Waals surface area contributed by atoms with Gasteiger partial charge in [-0.25, -0.2) is 18.7 Å². The molecule has 0 saturated carbocycles. The minimum atomic E-state index is -2.90. The zero-order valence-electron chi connectivity index (χ0n) is 16.7. The smallest absolute Gasteiger partial charge is 0.282 e. The summed E-state index contributed by atoms with van der Waals surface area (Å²) >= 11 is 0. The van der Waals surface area contributed by atoms with Crippen molar-refractivity contribution in [2.45, 2.75) is 12.8 Å². The number of rotatable bonds is 5. The molecule has 1 amide bonds. The summed E-state index contributed by atoms with van der Waals surface area (Å²) in [6.07, 6.45) is 1.11. The number of carbonyl (C=O) groups excluding carboxylic acids is 1. The van der Waals surface area contributed by atoms with Crippen LogP contribution in [0.15, 0.2) is 30.6 Å². The van der Waals surface area contributed by atoms with E-state index in [1.807, 2.05) is 24.3 Å². The molecule has 0 unspecified atom stereocenters. The van der Waals surface area contributed by atoms with Crippen LogP contribution in [0.4, 0.5) is 26.0 Å². The van der Waals surface area contributed by atoms with Crippen molar-refractivity contribution in [3.05, 3.63) is 36.2 Å². The zero-order chi connectivity index (χ0) is 21.3. The summed E-state index contributed by atoms with van der Waals surface area (Å²) in [7, 11) is 0. The van der Waals surface area contributed by atoms with Gasteiger partial charge in [0.25, 0.3) is 11.8 Å². The van der Waals surface area contributed by atoms with Crippen LogP contribution in [0.2, 0.25) is 0 Å². The van der Waals surface area contributed by atoms with Gasteiger partial charge in [-0.1, -0.05) is 6.92 Å². The molecule has 0 aliphatic carbocycles. The van der Waals surface area contributed by atoms with Crippen molar-refractivity contribution < 1.29 is 18.7 Å². The molecule has 3 heterocycles. The maximum absolute atomic E-state index is 13.1. The molecule has 10 heteroatoms. The molecule has 1 aromatic heterocycles. The van der Waals surface area contributed by atoms with Crippen LogP contribution in [0.3, 0.4) is 0 Å². The van der Waals surface area contributed by atoms with E-state index in [2.05, 4.69) is 32.0 Å². The first-order valence-electron chi connectivity index (χ1n) is 9.92. The van der Waals surface area contributed by atoms with E-state index in [1.165, 1.54) is 0 Å².